The van der Waals surface area contributed by atoms with E-state index in [-0.39, 0.29) is 6.42 Å². The molecule has 0 aliphatic carbocycles. The third-order valence-electron chi connectivity index (χ3n) is 4.14. The molecule has 24 heavy (non-hydrogen) atoms. The van der Waals surface area contributed by atoms with E-state index in [1.807, 2.05) is 6.07 Å². The van der Waals surface area contributed by atoms with Crippen LogP contribution in [0.4, 0.5) is 0 Å². The Bertz CT molecular complexity index is 581. The van der Waals surface area contributed by atoms with Gasteiger partial charge in [0.1, 0.15) is 6.10 Å². The molecule has 0 saturated carbocycles. The van der Waals surface area contributed by atoms with Crippen molar-refractivity contribution in [3.8, 4) is 0 Å². The first-order valence-corrected chi connectivity index (χ1v) is 7.71. The number of benzene rings is 1. The zero-order chi connectivity index (χ0) is 18.7. The van der Waals surface area contributed by atoms with Crippen molar-refractivity contribution in [3.63, 3.8) is 0 Å². The fourth-order valence-corrected chi connectivity index (χ4v) is 2.35. The van der Waals surface area contributed by atoms with E-state index in [1.165, 1.54) is 0 Å². The molecule has 0 fully saturated rings. The van der Waals surface area contributed by atoms with Gasteiger partial charge in [-0.05, 0) is 17.4 Å². The van der Waals surface area contributed by atoms with Crippen molar-refractivity contribution >= 4 is 11.8 Å². The van der Waals surface area contributed by atoms with Gasteiger partial charge >= 0.3 is 5.97 Å². The summed E-state index contributed by atoms with van der Waals surface area (Å²) in [5, 5.41) is 19.6. The van der Waals surface area contributed by atoms with Gasteiger partial charge in [-0.1, -0.05) is 51.1 Å². The number of carboxylic acids is 1. The number of aliphatic hydroxyl groups excluding tert-OH is 1. The molecule has 2 unspecified atom stereocenters. The first-order chi connectivity index (χ1) is 10.9. The molecule has 0 aliphatic heterocycles. The predicted molar refractivity (Wildman–Crippen MR) is 90.8 cm³/mol. The number of hydrogen-bond donors (Lipinski definition) is 5. The number of aliphatic hydroxyl groups is 1. The zero-order valence-electron chi connectivity index (χ0n) is 14.3. The molecule has 0 spiro atoms. The van der Waals surface area contributed by atoms with E-state index in [4.69, 9.17) is 22.3 Å². The molecule has 0 saturated heterocycles. The summed E-state index contributed by atoms with van der Waals surface area (Å²) >= 11 is 0. The average Bonchev–Trinajstić information content (AvgIpc) is 2.50. The quantitative estimate of drug-likeness (QED) is 0.434. The van der Waals surface area contributed by atoms with Crippen molar-refractivity contribution in [2.24, 2.45) is 28.5 Å². The van der Waals surface area contributed by atoms with Crippen molar-refractivity contribution in [3.05, 3.63) is 35.9 Å². The summed E-state index contributed by atoms with van der Waals surface area (Å²) in [6, 6.07) is 8.01. The average molecular weight is 337 g/mol. The number of carbonyl (C=O) groups is 2. The lowest BCUT2D eigenvalue weighted by molar-refractivity contribution is -0.151. The molecule has 8 N–H and O–H groups in total. The highest BCUT2D eigenvalue weighted by Crippen LogP contribution is 2.26. The number of nitrogens with two attached hydrogens (primary N) is 3. The fraction of sp³-hybridized carbons (Fsp3) is 0.529. The molecule has 0 bridgehead atoms. The van der Waals surface area contributed by atoms with Crippen LogP contribution in [0.25, 0.3) is 0 Å². The third kappa shape index (κ3) is 4.61. The smallest absolute Gasteiger partial charge is 0.341 e. The summed E-state index contributed by atoms with van der Waals surface area (Å²) in [6.45, 7) is 5.37. The number of carboxylic acid groups (broad SMARTS) is 1. The van der Waals surface area contributed by atoms with Gasteiger partial charge in [0, 0.05) is 0 Å². The first-order valence-electron chi connectivity index (χ1n) is 7.71. The molecule has 134 valence electrons. The van der Waals surface area contributed by atoms with Crippen LogP contribution in [0, 0.1) is 11.3 Å². The highest BCUT2D eigenvalue weighted by Gasteiger charge is 2.46. The van der Waals surface area contributed by atoms with Gasteiger partial charge in [0.25, 0.3) is 0 Å². The maximum atomic E-state index is 12.8. The normalized spacial score (nSPS) is 16.3. The van der Waals surface area contributed by atoms with Crippen LogP contribution >= 0.6 is 0 Å². The van der Waals surface area contributed by atoms with E-state index in [2.05, 4.69) is 0 Å². The minimum Gasteiger partial charge on any atom is -0.479 e. The zero-order valence-corrected chi connectivity index (χ0v) is 14.3. The van der Waals surface area contributed by atoms with Crippen molar-refractivity contribution in [1.82, 2.24) is 0 Å². The van der Waals surface area contributed by atoms with Crippen molar-refractivity contribution < 1.29 is 19.8 Å². The highest BCUT2D eigenvalue weighted by atomic mass is 16.4. The molecular weight excluding hydrogens is 310 g/mol. The minimum absolute atomic E-state index is 0.0913. The Hall–Kier alpha value is -1.80. The lowest BCUT2D eigenvalue weighted by Gasteiger charge is -2.35. The lowest BCUT2D eigenvalue weighted by atomic mass is 9.75. The largest absolute Gasteiger partial charge is 0.479 e. The molecule has 0 heterocycles. The maximum Gasteiger partial charge on any atom is 0.341 e. The Labute approximate surface area is 141 Å². The Morgan fingerprint density at radius 2 is 1.62 bits per heavy atom. The fourth-order valence-electron chi connectivity index (χ4n) is 2.35. The number of rotatable bonds is 7. The maximum absolute atomic E-state index is 12.8. The van der Waals surface area contributed by atoms with Gasteiger partial charge in [-0.3, -0.25) is 4.79 Å². The summed E-state index contributed by atoms with van der Waals surface area (Å²) in [7, 11) is 0. The van der Waals surface area contributed by atoms with E-state index < -0.39 is 40.9 Å². The van der Waals surface area contributed by atoms with Crippen molar-refractivity contribution in [2.45, 2.75) is 45.0 Å². The van der Waals surface area contributed by atoms with Gasteiger partial charge in [-0.15, -0.1) is 0 Å². The van der Waals surface area contributed by atoms with Crippen LogP contribution in [0.2, 0.25) is 0 Å². The number of aliphatic carboxylic acids is 1. The van der Waals surface area contributed by atoms with Gasteiger partial charge in [-0.25, -0.2) is 4.79 Å². The Morgan fingerprint density at radius 1 is 1.12 bits per heavy atom. The molecule has 7 heteroatoms. The number of Topliss-reactive ketones (excluding diaryl/α,β-unsaturated/α-hetero) is 1. The molecule has 1 aromatic carbocycles. The number of ketones is 1. The molecular formula is C17H27N3O4. The van der Waals surface area contributed by atoms with Crippen molar-refractivity contribution in [1.29, 1.82) is 0 Å². The monoisotopic (exact) mass is 337 g/mol. The van der Waals surface area contributed by atoms with E-state index in [1.54, 1.807) is 45.0 Å². The topological polar surface area (TPSA) is 153 Å². The summed E-state index contributed by atoms with van der Waals surface area (Å²) in [5.74, 6) is -3.20. The summed E-state index contributed by atoms with van der Waals surface area (Å²) < 4.78 is 0. The standard InChI is InChI=1S/C17H27N3O4/c1-16(2,3)13(18)12(21)11(9-10-7-5-4-6-8-10)14(22)17(19,20)15(23)24/h4-8,11,13-14,22H,9,18-20H2,1-3H3,(H,23,24)/t11?,13-,14?/m1/s1. The second-order valence-corrected chi connectivity index (χ2v) is 7.23. The van der Waals surface area contributed by atoms with Gasteiger partial charge in [0.2, 0.25) is 0 Å². The van der Waals surface area contributed by atoms with Gasteiger partial charge < -0.3 is 27.4 Å². The lowest BCUT2D eigenvalue weighted by Crippen LogP contribution is -2.68. The molecule has 3 atom stereocenters. The van der Waals surface area contributed by atoms with Gasteiger partial charge in [-0.2, -0.15) is 0 Å². The summed E-state index contributed by atoms with van der Waals surface area (Å²) in [4.78, 5) is 24.1. The van der Waals surface area contributed by atoms with Crippen molar-refractivity contribution in [2.75, 3.05) is 0 Å². The van der Waals surface area contributed by atoms with Crippen LogP contribution in [-0.4, -0.2) is 39.8 Å². The van der Waals surface area contributed by atoms with Crippen LogP contribution in [0.1, 0.15) is 26.3 Å². The SMILES string of the molecule is CC(C)(C)[C@H](N)C(=O)C(Cc1ccccc1)C(O)C(N)(N)C(=O)O. The minimum atomic E-state index is -2.45. The molecule has 0 amide bonds. The van der Waals surface area contributed by atoms with Crippen LogP contribution in [0.5, 0.6) is 0 Å². The van der Waals surface area contributed by atoms with E-state index in [0.29, 0.717) is 0 Å². The van der Waals surface area contributed by atoms with Crippen LogP contribution in [0.3, 0.4) is 0 Å². The highest BCUT2D eigenvalue weighted by molar-refractivity contribution is 5.89. The van der Waals surface area contributed by atoms with Crippen LogP contribution in [-0.2, 0) is 16.0 Å². The van der Waals surface area contributed by atoms with E-state index in [9.17, 15) is 14.7 Å². The van der Waals surface area contributed by atoms with Crippen LogP contribution < -0.4 is 17.2 Å². The Kier molecular flexibility index (Phi) is 6.24. The molecule has 0 aliphatic rings. The Morgan fingerprint density at radius 3 is 2.04 bits per heavy atom. The summed E-state index contributed by atoms with van der Waals surface area (Å²) in [5.41, 5.74) is 14.8. The third-order valence-corrected chi connectivity index (χ3v) is 4.14. The van der Waals surface area contributed by atoms with E-state index >= 15 is 0 Å². The second kappa shape index (κ2) is 7.40. The molecule has 1 rings (SSSR count). The molecule has 7 nitrogen and oxygen atoms in total. The molecule has 1 aromatic rings. The van der Waals surface area contributed by atoms with Gasteiger partial charge in [0.15, 0.2) is 11.4 Å². The second-order valence-electron chi connectivity index (χ2n) is 7.23. The predicted octanol–water partition coefficient (Wildman–Crippen LogP) is -0.153. The number of hydrogen-bond acceptors (Lipinski definition) is 6. The Balaban J connectivity index is 3.21. The molecule has 0 aromatic heterocycles. The van der Waals surface area contributed by atoms with Gasteiger partial charge in [0.05, 0.1) is 12.0 Å². The molecule has 0 radical (unpaired) electrons. The first kappa shape index (κ1) is 20.2. The van der Waals surface area contributed by atoms with E-state index in [0.717, 1.165) is 5.56 Å². The van der Waals surface area contributed by atoms with Crippen LogP contribution in [0.15, 0.2) is 30.3 Å². The summed E-state index contributed by atoms with van der Waals surface area (Å²) in [6.07, 6.45) is -1.69. The number of carbonyl (C=O) groups excluding carboxylic acids is 1.